The van der Waals surface area contributed by atoms with Gasteiger partial charge in [0.15, 0.2) is 4.34 Å². The number of ether oxygens (including phenoxy) is 3. The lowest BCUT2D eigenvalue weighted by Crippen LogP contribution is -2.60. The molecule has 8 rings (SSSR count). The lowest BCUT2D eigenvalue weighted by Gasteiger charge is -2.39. The van der Waals surface area contributed by atoms with Crippen molar-refractivity contribution in [3.63, 3.8) is 0 Å². The number of piperidine rings is 1. The van der Waals surface area contributed by atoms with Gasteiger partial charge in [0.25, 0.3) is 5.91 Å². The van der Waals surface area contributed by atoms with Gasteiger partial charge in [-0.15, -0.1) is 10.2 Å². The SMILES string of the molecule is Cc1cc(-n2ccnc2)ccc1CSc1nnc(C(=O)N(C)CCOCCOCCOCCC(=O)N2CCN(CC[C@H](NC(=O)C3(N)CCN(c4ncnc5[nH]ccc45)CC3)c3ccc(Cl)cc3)CC2)s1. The number of carbonyl (C=O) groups excluding carboxylic acids is 3. The molecule has 0 unspecified atom stereocenters. The Morgan fingerprint density at radius 3 is 2.42 bits per heavy atom. The molecule has 6 heterocycles. The van der Waals surface area contributed by atoms with Crippen LogP contribution in [0.2, 0.25) is 5.02 Å². The molecule has 0 radical (unpaired) electrons. The van der Waals surface area contributed by atoms with Crippen LogP contribution in [-0.2, 0) is 29.6 Å². The van der Waals surface area contributed by atoms with E-state index < -0.39 is 5.54 Å². The summed E-state index contributed by atoms with van der Waals surface area (Å²) >= 11 is 9.09. The van der Waals surface area contributed by atoms with E-state index in [1.165, 1.54) is 22.5 Å². The monoisotopic (exact) mass is 1030 g/mol. The number of halogens is 1. The second kappa shape index (κ2) is 25.2. The average Bonchev–Trinajstić information content (AvgIpc) is 4.21. The highest BCUT2D eigenvalue weighted by Gasteiger charge is 2.39. The fourth-order valence-corrected chi connectivity index (χ4v) is 10.6. The first-order chi connectivity index (χ1) is 34.5. The molecule has 378 valence electrons. The average molecular weight is 1030 g/mol. The van der Waals surface area contributed by atoms with Gasteiger partial charge < -0.3 is 49.5 Å². The van der Waals surface area contributed by atoms with E-state index in [9.17, 15) is 14.4 Å². The maximum atomic E-state index is 13.9. The Morgan fingerprint density at radius 2 is 1.69 bits per heavy atom. The fraction of sp³-hybridized carbons (Fsp3) is 0.469. The zero-order chi connectivity index (χ0) is 49.6. The Labute approximate surface area is 426 Å². The highest BCUT2D eigenvalue weighted by molar-refractivity contribution is 8.00. The van der Waals surface area contributed by atoms with E-state index in [1.54, 1.807) is 42.6 Å². The first-order valence-electron chi connectivity index (χ1n) is 23.9. The molecule has 4 aromatic heterocycles. The van der Waals surface area contributed by atoms with E-state index in [-0.39, 0.29) is 23.8 Å². The summed E-state index contributed by atoms with van der Waals surface area (Å²) in [5.74, 6) is 1.27. The predicted molar refractivity (Wildman–Crippen MR) is 274 cm³/mol. The minimum atomic E-state index is -1.02. The molecule has 1 atom stereocenters. The summed E-state index contributed by atoms with van der Waals surface area (Å²) in [5, 5.41) is 13.6. The van der Waals surface area contributed by atoms with Gasteiger partial charge in [0, 0.05) is 94.5 Å². The van der Waals surface area contributed by atoms with Crippen LogP contribution >= 0.6 is 34.7 Å². The number of likely N-dealkylation sites (N-methyl/N-ethyl adjacent to an activating group) is 1. The highest BCUT2D eigenvalue weighted by Crippen LogP contribution is 2.31. The summed E-state index contributed by atoms with van der Waals surface area (Å²) in [7, 11) is 1.72. The minimum absolute atomic E-state index is 0.0649. The standard InChI is InChI=1S/C49H62ClN13O6S2/c1-35-31-39(63-19-15-52-34-63)8-5-37(35)32-70-48-58-57-45(71-48)46(65)59(2)24-26-68-28-30-69-29-27-67-25-11-42(64)61-22-20-60(21-23-61)16-10-41(36-3-6-38(50)7-4-36)56-47(66)49(51)12-17-62(18-13-49)44-40-9-14-53-43(40)54-33-55-44/h3-9,14-15,19,31,33-34,41H,10-13,16-18,20-30,32,51H2,1-2H3,(H,56,66)(H,53,54,55)/t41-/m0/s1. The lowest BCUT2D eigenvalue weighted by atomic mass is 9.87. The molecule has 0 aliphatic carbocycles. The fourth-order valence-electron chi connectivity index (χ4n) is 8.54. The van der Waals surface area contributed by atoms with E-state index >= 15 is 0 Å². The Balaban J connectivity index is 0.654. The number of nitrogens with zero attached hydrogens (tertiary/aromatic N) is 10. The van der Waals surface area contributed by atoms with E-state index in [0.717, 1.165) is 57.8 Å². The van der Waals surface area contributed by atoms with Gasteiger partial charge in [0.05, 0.1) is 69.4 Å². The minimum Gasteiger partial charge on any atom is -0.379 e. The lowest BCUT2D eigenvalue weighted by molar-refractivity contribution is -0.134. The number of aromatic amines is 1. The quantitative estimate of drug-likeness (QED) is 0.0528. The third kappa shape index (κ3) is 14.1. The summed E-state index contributed by atoms with van der Waals surface area (Å²) in [6, 6.07) is 15.6. The van der Waals surface area contributed by atoms with Gasteiger partial charge in [-0.2, -0.15) is 0 Å². The molecule has 22 heteroatoms. The molecule has 0 bridgehead atoms. The number of nitrogens with one attached hydrogen (secondary N) is 2. The molecule has 19 nitrogen and oxygen atoms in total. The van der Waals surface area contributed by atoms with Gasteiger partial charge in [0.1, 0.15) is 17.8 Å². The summed E-state index contributed by atoms with van der Waals surface area (Å²) in [5.41, 5.74) is 11.0. The first-order valence-corrected chi connectivity index (χ1v) is 26.1. The molecular weight excluding hydrogens is 966 g/mol. The van der Waals surface area contributed by atoms with E-state index in [1.807, 2.05) is 52.2 Å². The zero-order valence-electron chi connectivity index (χ0n) is 40.2. The van der Waals surface area contributed by atoms with E-state index in [0.29, 0.717) is 108 Å². The van der Waals surface area contributed by atoms with Crippen LogP contribution in [-0.4, -0.2) is 172 Å². The number of imidazole rings is 1. The largest absolute Gasteiger partial charge is 0.379 e. The second-order valence-corrected chi connectivity index (χ2v) is 20.4. The topological polar surface area (TPSA) is 215 Å². The maximum absolute atomic E-state index is 13.9. The maximum Gasteiger partial charge on any atom is 0.284 e. The number of fused-ring (bicyclic) bond motifs is 1. The molecule has 4 N–H and O–H groups in total. The Hall–Kier alpha value is -5.52. The number of rotatable bonds is 24. The van der Waals surface area contributed by atoms with Gasteiger partial charge >= 0.3 is 0 Å². The summed E-state index contributed by atoms with van der Waals surface area (Å²) in [6.45, 7) is 9.33. The van der Waals surface area contributed by atoms with Crippen molar-refractivity contribution < 1.29 is 28.6 Å². The van der Waals surface area contributed by atoms with Gasteiger partial charge in [-0.1, -0.05) is 52.9 Å². The normalized spacial score (nSPS) is 15.5. The van der Waals surface area contributed by atoms with Crippen molar-refractivity contribution >= 4 is 69.3 Å². The van der Waals surface area contributed by atoms with Crippen LogP contribution in [0.25, 0.3) is 16.7 Å². The van der Waals surface area contributed by atoms with Crippen LogP contribution in [0.1, 0.15) is 58.2 Å². The smallest absolute Gasteiger partial charge is 0.284 e. The molecule has 0 spiro atoms. The van der Waals surface area contributed by atoms with Gasteiger partial charge in [0.2, 0.25) is 16.8 Å². The Morgan fingerprint density at radius 1 is 0.944 bits per heavy atom. The number of benzene rings is 2. The third-order valence-corrected chi connectivity index (χ3v) is 15.3. The van der Waals surface area contributed by atoms with Crippen molar-refractivity contribution in [1.82, 2.24) is 54.7 Å². The number of thioether (sulfide) groups is 1. The second-order valence-electron chi connectivity index (χ2n) is 17.7. The summed E-state index contributed by atoms with van der Waals surface area (Å²) < 4.78 is 19.7. The number of aryl methyl sites for hydroxylation is 1. The molecule has 2 aliphatic heterocycles. The van der Waals surface area contributed by atoms with Crippen molar-refractivity contribution in [3.8, 4) is 5.69 Å². The summed E-state index contributed by atoms with van der Waals surface area (Å²) in [4.78, 5) is 63.9. The molecular formula is C49H62ClN13O6S2. The Bertz CT molecular complexity index is 2650. The van der Waals surface area contributed by atoms with E-state index in [4.69, 9.17) is 31.5 Å². The number of H-pyrrole nitrogens is 1. The molecule has 0 saturated carbocycles. The zero-order valence-corrected chi connectivity index (χ0v) is 42.6. The molecule has 2 fully saturated rings. The van der Waals surface area contributed by atoms with Crippen LogP contribution in [0.3, 0.4) is 0 Å². The number of hydrogen-bond acceptors (Lipinski definition) is 16. The predicted octanol–water partition coefficient (Wildman–Crippen LogP) is 5.15. The number of anilines is 1. The van der Waals surface area contributed by atoms with Gasteiger partial charge in [-0.25, -0.2) is 15.0 Å². The van der Waals surface area contributed by atoms with Crippen molar-refractivity contribution in [2.75, 3.05) is 104 Å². The number of nitrogens with two attached hydrogens (primary N) is 1. The van der Waals surface area contributed by atoms with Crippen LogP contribution in [0.15, 0.2) is 84.1 Å². The summed E-state index contributed by atoms with van der Waals surface area (Å²) in [6.07, 6.45) is 10.8. The van der Waals surface area contributed by atoms with Crippen molar-refractivity contribution in [1.29, 1.82) is 0 Å². The molecule has 2 saturated heterocycles. The van der Waals surface area contributed by atoms with Crippen molar-refractivity contribution in [3.05, 3.63) is 106 Å². The molecule has 6 aromatic rings. The highest BCUT2D eigenvalue weighted by atomic mass is 35.5. The van der Waals surface area contributed by atoms with Gasteiger partial charge in [-0.05, 0) is 73.2 Å². The van der Waals surface area contributed by atoms with Crippen LogP contribution in [0, 0.1) is 6.92 Å². The molecule has 71 heavy (non-hydrogen) atoms. The van der Waals surface area contributed by atoms with Crippen molar-refractivity contribution in [2.45, 2.75) is 54.3 Å². The van der Waals surface area contributed by atoms with Crippen LogP contribution in [0.4, 0.5) is 5.82 Å². The first kappa shape index (κ1) is 51.8. The molecule has 3 amide bonds. The Kier molecular flexibility index (Phi) is 18.4. The van der Waals surface area contributed by atoms with Crippen molar-refractivity contribution in [2.24, 2.45) is 5.73 Å². The number of piperazine rings is 1. The van der Waals surface area contributed by atoms with Gasteiger partial charge in [-0.3, -0.25) is 19.3 Å². The molecule has 2 aliphatic rings. The number of aromatic nitrogens is 7. The molecule has 2 aromatic carbocycles. The van der Waals surface area contributed by atoms with Crippen LogP contribution in [0.5, 0.6) is 0 Å². The number of amides is 3. The third-order valence-electron chi connectivity index (χ3n) is 13.0. The van der Waals surface area contributed by atoms with Crippen LogP contribution < -0.4 is 16.0 Å². The van der Waals surface area contributed by atoms with E-state index in [2.05, 4.69) is 70.4 Å². The number of hydrogen-bond donors (Lipinski definition) is 3. The number of carbonyl (C=O) groups is 3.